The van der Waals surface area contributed by atoms with E-state index in [2.05, 4.69) is 15.5 Å². The SMILES string of the molecule is O=C(CN1CCCC2(CCCNC2)C1)NC1CC1. The van der Waals surface area contributed by atoms with Gasteiger partial charge in [0.2, 0.25) is 5.91 Å². The van der Waals surface area contributed by atoms with Crippen LogP contribution in [-0.4, -0.2) is 49.6 Å². The summed E-state index contributed by atoms with van der Waals surface area (Å²) >= 11 is 0. The minimum atomic E-state index is 0.235. The summed E-state index contributed by atoms with van der Waals surface area (Å²) in [6.07, 6.45) is 7.57. The van der Waals surface area contributed by atoms with E-state index < -0.39 is 0 Å². The van der Waals surface area contributed by atoms with Crippen molar-refractivity contribution in [3.05, 3.63) is 0 Å². The zero-order chi connectivity index (χ0) is 12.4. The molecule has 3 rings (SSSR count). The Labute approximate surface area is 109 Å². The number of hydrogen-bond donors (Lipinski definition) is 2. The number of nitrogens with one attached hydrogen (secondary N) is 2. The number of carbonyl (C=O) groups excluding carboxylic acids is 1. The molecule has 3 fully saturated rings. The maximum absolute atomic E-state index is 11.9. The molecule has 1 unspecified atom stereocenters. The van der Waals surface area contributed by atoms with Crippen molar-refractivity contribution in [2.45, 2.75) is 44.6 Å². The fourth-order valence-corrected chi connectivity index (χ4v) is 3.53. The summed E-state index contributed by atoms with van der Waals surface area (Å²) in [4.78, 5) is 14.2. The molecule has 4 nitrogen and oxygen atoms in total. The molecule has 2 N–H and O–H groups in total. The fraction of sp³-hybridized carbons (Fsp3) is 0.929. The lowest BCUT2D eigenvalue weighted by molar-refractivity contribution is -0.123. The zero-order valence-electron chi connectivity index (χ0n) is 11.2. The van der Waals surface area contributed by atoms with Gasteiger partial charge in [0.25, 0.3) is 0 Å². The number of rotatable bonds is 3. The molecular formula is C14H25N3O. The van der Waals surface area contributed by atoms with Crippen LogP contribution in [0.25, 0.3) is 0 Å². The Hall–Kier alpha value is -0.610. The largest absolute Gasteiger partial charge is 0.352 e. The first-order valence-corrected chi connectivity index (χ1v) is 7.48. The number of hydrogen-bond acceptors (Lipinski definition) is 3. The summed E-state index contributed by atoms with van der Waals surface area (Å²) < 4.78 is 0. The molecule has 1 spiro atoms. The quantitative estimate of drug-likeness (QED) is 0.777. The summed E-state index contributed by atoms with van der Waals surface area (Å²) in [6, 6.07) is 0.493. The number of carbonyl (C=O) groups is 1. The third-order valence-corrected chi connectivity index (χ3v) is 4.61. The zero-order valence-corrected chi connectivity index (χ0v) is 11.2. The third-order valence-electron chi connectivity index (χ3n) is 4.61. The molecule has 2 aliphatic heterocycles. The van der Waals surface area contributed by atoms with Gasteiger partial charge in [-0.2, -0.15) is 0 Å². The molecule has 18 heavy (non-hydrogen) atoms. The molecule has 1 saturated carbocycles. The number of piperidine rings is 2. The molecular weight excluding hydrogens is 226 g/mol. The molecule has 4 heteroatoms. The van der Waals surface area contributed by atoms with Crippen LogP contribution in [0.1, 0.15) is 38.5 Å². The third kappa shape index (κ3) is 3.04. The second kappa shape index (κ2) is 5.17. The van der Waals surface area contributed by atoms with Gasteiger partial charge in [-0.05, 0) is 57.0 Å². The van der Waals surface area contributed by atoms with Gasteiger partial charge in [0, 0.05) is 19.1 Å². The summed E-state index contributed by atoms with van der Waals surface area (Å²) in [5.41, 5.74) is 0.455. The molecule has 2 saturated heterocycles. The average Bonchev–Trinajstić information content (AvgIpc) is 3.14. The Bertz CT molecular complexity index is 303. The second-order valence-electron chi connectivity index (χ2n) is 6.44. The van der Waals surface area contributed by atoms with Crippen molar-refractivity contribution in [3.63, 3.8) is 0 Å². The molecule has 0 aromatic carbocycles. The van der Waals surface area contributed by atoms with Crippen molar-refractivity contribution in [3.8, 4) is 0 Å². The van der Waals surface area contributed by atoms with Crippen LogP contribution < -0.4 is 10.6 Å². The van der Waals surface area contributed by atoms with E-state index in [1.165, 1.54) is 45.1 Å². The highest BCUT2D eigenvalue weighted by molar-refractivity contribution is 5.78. The van der Waals surface area contributed by atoms with E-state index in [-0.39, 0.29) is 5.91 Å². The van der Waals surface area contributed by atoms with Crippen molar-refractivity contribution in [2.75, 3.05) is 32.7 Å². The van der Waals surface area contributed by atoms with Crippen LogP contribution in [0.5, 0.6) is 0 Å². The van der Waals surface area contributed by atoms with E-state index in [1.807, 2.05) is 0 Å². The Balaban J connectivity index is 1.51. The molecule has 0 aromatic heterocycles. The van der Waals surface area contributed by atoms with Crippen LogP contribution in [0.15, 0.2) is 0 Å². The highest BCUT2D eigenvalue weighted by atomic mass is 16.2. The highest BCUT2D eigenvalue weighted by Crippen LogP contribution is 2.35. The van der Waals surface area contributed by atoms with Gasteiger partial charge in [-0.1, -0.05) is 0 Å². The highest BCUT2D eigenvalue weighted by Gasteiger charge is 2.37. The summed E-state index contributed by atoms with van der Waals surface area (Å²) in [5, 5.41) is 6.63. The molecule has 0 bridgehead atoms. The number of amides is 1. The van der Waals surface area contributed by atoms with E-state index in [4.69, 9.17) is 0 Å². The van der Waals surface area contributed by atoms with Crippen LogP contribution in [-0.2, 0) is 4.79 Å². The lowest BCUT2D eigenvalue weighted by Gasteiger charge is -2.45. The topological polar surface area (TPSA) is 44.4 Å². The smallest absolute Gasteiger partial charge is 0.234 e. The van der Waals surface area contributed by atoms with Crippen molar-refractivity contribution in [1.82, 2.24) is 15.5 Å². The maximum Gasteiger partial charge on any atom is 0.234 e. The van der Waals surface area contributed by atoms with Crippen LogP contribution in [0.4, 0.5) is 0 Å². The molecule has 3 aliphatic rings. The first-order valence-electron chi connectivity index (χ1n) is 7.48. The Kier molecular flexibility index (Phi) is 3.57. The minimum absolute atomic E-state index is 0.235. The van der Waals surface area contributed by atoms with E-state index >= 15 is 0 Å². The van der Waals surface area contributed by atoms with Crippen LogP contribution in [0.3, 0.4) is 0 Å². The Morgan fingerprint density at radius 1 is 1.33 bits per heavy atom. The van der Waals surface area contributed by atoms with Gasteiger partial charge in [-0.3, -0.25) is 9.69 Å². The van der Waals surface area contributed by atoms with Crippen molar-refractivity contribution in [1.29, 1.82) is 0 Å². The van der Waals surface area contributed by atoms with E-state index in [0.29, 0.717) is 18.0 Å². The van der Waals surface area contributed by atoms with Gasteiger partial charge >= 0.3 is 0 Å². The summed E-state index contributed by atoms with van der Waals surface area (Å²) in [7, 11) is 0. The van der Waals surface area contributed by atoms with Crippen LogP contribution in [0, 0.1) is 5.41 Å². The minimum Gasteiger partial charge on any atom is -0.352 e. The first-order chi connectivity index (χ1) is 8.76. The van der Waals surface area contributed by atoms with Gasteiger partial charge in [0.15, 0.2) is 0 Å². The predicted molar refractivity (Wildman–Crippen MR) is 71.4 cm³/mol. The average molecular weight is 251 g/mol. The van der Waals surface area contributed by atoms with Gasteiger partial charge in [0.05, 0.1) is 6.54 Å². The van der Waals surface area contributed by atoms with Crippen molar-refractivity contribution in [2.24, 2.45) is 5.41 Å². The number of nitrogens with zero attached hydrogens (tertiary/aromatic N) is 1. The van der Waals surface area contributed by atoms with Gasteiger partial charge in [-0.15, -0.1) is 0 Å². The van der Waals surface area contributed by atoms with Crippen molar-refractivity contribution < 1.29 is 4.79 Å². The predicted octanol–water partition coefficient (Wildman–Crippen LogP) is 0.731. The lowest BCUT2D eigenvalue weighted by atomic mass is 9.74. The van der Waals surface area contributed by atoms with Crippen molar-refractivity contribution >= 4 is 5.91 Å². The molecule has 102 valence electrons. The maximum atomic E-state index is 11.9. The standard InChI is InChI=1S/C14H25N3O/c18-13(16-12-3-4-12)9-17-8-2-6-14(11-17)5-1-7-15-10-14/h12,15H,1-11H2,(H,16,18). The lowest BCUT2D eigenvalue weighted by Crippen LogP contribution is -2.52. The fourth-order valence-electron chi connectivity index (χ4n) is 3.53. The molecule has 0 radical (unpaired) electrons. The summed E-state index contributed by atoms with van der Waals surface area (Å²) in [5.74, 6) is 0.235. The van der Waals surface area contributed by atoms with Gasteiger partial charge in [0.1, 0.15) is 0 Å². The molecule has 2 heterocycles. The van der Waals surface area contributed by atoms with E-state index in [1.54, 1.807) is 0 Å². The Morgan fingerprint density at radius 3 is 2.89 bits per heavy atom. The first kappa shape index (κ1) is 12.4. The molecule has 1 atom stereocenters. The number of likely N-dealkylation sites (tertiary alicyclic amines) is 1. The van der Waals surface area contributed by atoms with Gasteiger partial charge < -0.3 is 10.6 Å². The van der Waals surface area contributed by atoms with E-state index in [9.17, 15) is 4.79 Å². The normalized spacial score (nSPS) is 33.6. The second-order valence-corrected chi connectivity index (χ2v) is 6.44. The monoisotopic (exact) mass is 251 g/mol. The molecule has 1 aliphatic carbocycles. The Morgan fingerprint density at radius 2 is 2.17 bits per heavy atom. The van der Waals surface area contributed by atoms with Crippen LogP contribution >= 0.6 is 0 Å². The van der Waals surface area contributed by atoms with E-state index in [0.717, 1.165) is 19.6 Å². The summed E-state index contributed by atoms with van der Waals surface area (Å²) in [6.45, 7) is 5.13. The molecule has 1 amide bonds. The molecule has 0 aromatic rings. The van der Waals surface area contributed by atoms with Crippen LogP contribution in [0.2, 0.25) is 0 Å². The van der Waals surface area contributed by atoms with Gasteiger partial charge in [-0.25, -0.2) is 0 Å².